The van der Waals surface area contributed by atoms with Crippen molar-refractivity contribution in [2.45, 2.75) is 18.9 Å². The monoisotopic (exact) mass is 154 g/mol. The van der Waals surface area contributed by atoms with Crippen molar-refractivity contribution >= 4 is 5.91 Å². The lowest BCUT2D eigenvalue weighted by molar-refractivity contribution is -0.124. The third-order valence-corrected chi connectivity index (χ3v) is 1.98. The summed E-state index contributed by atoms with van der Waals surface area (Å²) in [5.74, 6) is 0.185. The fourth-order valence-corrected chi connectivity index (χ4v) is 1.34. The Morgan fingerprint density at radius 1 is 1.73 bits per heavy atom. The first-order chi connectivity index (χ1) is 5.24. The van der Waals surface area contributed by atoms with Gasteiger partial charge in [-0.25, -0.2) is 0 Å². The van der Waals surface area contributed by atoms with Gasteiger partial charge in [-0.1, -0.05) is 12.2 Å². The Morgan fingerprint density at radius 3 is 3.00 bits per heavy atom. The molecular formula is C8H14N2O. The molecule has 11 heavy (non-hydrogen) atoms. The summed E-state index contributed by atoms with van der Waals surface area (Å²) in [4.78, 5) is 11.1. The van der Waals surface area contributed by atoms with Crippen molar-refractivity contribution in [3.05, 3.63) is 12.2 Å². The number of allylic oxidation sites excluding steroid dienone is 1. The van der Waals surface area contributed by atoms with Crippen LogP contribution >= 0.6 is 0 Å². The van der Waals surface area contributed by atoms with Gasteiger partial charge in [-0.3, -0.25) is 4.79 Å². The topological polar surface area (TPSA) is 55.1 Å². The quantitative estimate of drug-likeness (QED) is 0.523. The molecule has 0 aliphatic heterocycles. The van der Waals surface area contributed by atoms with Crippen LogP contribution in [0.3, 0.4) is 0 Å². The molecule has 0 saturated carbocycles. The fraction of sp³-hybridized carbons (Fsp3) is 0.625. The van der Waals surface area contributed by atoms with Gasteiger partial charge >= 0.3 is 0 Å². The van der Waals surface area contributed by atoms with Crippen LogP contribution in [0.4, 0.5) is 0 Å². The van der Waals surface area contributed by atoms with E-state index in [1.807, 2.05) is 12.2 Å². The molecular weight excluding hydrogens is 140 g/mol. The molecule has 0 aromatic heterocycles. The van der Waals surface area contributed by atoms with Gasteiger partial charge in [-0.2, -0.15) is 0 Å². The lowest BCUT2D eigenvalue weighted by Gasteiger charge is -2.20. The van der Waals surface area contributed by atoms with Gasteiger partial charge in [0.15, 0.2) is 0 Å². The molecule has 1 aliphatic rings. The second-order valence-corrected chi connectivity index (χ2v) is 2.87. The summed E-state index contributed by atoms with van der Waals surface area (Å²) in [5, 5.41) is 2.63. The van der Waals surface area contributed by atoms with Gasteiger partial charge < -0.3 is 11.1 Å². The zero-order valence-electron chi connectivity index (χ0n) is 6.71. The minimum Gasteiger partial charge on any atom is -0.359 e. The van der Waals surface area contributed by atoms with E-state index in [-0.39, 0.29) is 17.9 Å². The molecule has 0 bridgehead atoms. The number of nitrogens with two attached hydrogens (primary N) is 1. The molecule has 3 nitrogen and oxygen atoms in total. The van der Waals surface area contributed by atoms with E-state index in [0.29, 0.717) is 0 Å². The molecule has 62 valence electrons. The lowest BCUT2D eigenvalue weighted by Crippen LogP contribution is -2.34. The SMILES string of the molecule is CNC(=O)[C@@H]1CC=C[C@@H](N)C1. The van der Waals surface area contributed by atoms with Crippen LogP contribution in [0.5, 0.6) is 0 Å². The van der Waals surface area contributed by atoms with E-state index >= 15 is 0 Å². The Kier molecular flexibility index (Phi) is 2.65. The van der Waals surface area contributed by atoms with E-state index in [1.54, 1.807) is 7.05 Å². The molecule has 3 N–H and O–H groups in total. The van der Waals surface area contributed by atoms with E-state index in [4.69, 9.17) is 5.73 Å². The van der Waals surface area contributed by atoms with Gasteiger partial charge in [0.2, 0.25) is 5.91 Å². The predicted molar refractivity (Wildman–Crippen MR) is 43.9 cm³/mol. The third kappa shape index (κ3) is 2.05. The summed E-state index contributed by atoms with van der Waals surface area (Å²) in [5.41, 5.74) is 5.65. The lowest BCUT2D eigenvalue weighted by atomic mass is 9.91. The number of amides is 1. The number of hydrogen-bond donors (Lipinski definition) is 2. The maximum Gasteiger partial charge on any atom is 0.223 e. The van der Waals surface area contributed by atoms with Gasteiger partial charge in [0.25, 0.3) is 0 Å². The average molecular weight is 154 g/mol. The predicted octanol–water partition coefficient (Wildman–Crippen LogP) is 0.0259. The van der Waals surface area contributed by atoms with Crippen molar-refractivity contribution in [3.63, 3.8) is 0 Å². The largest absolute Gasteiger partial charge is 0.359 e. The molecule has 3 heteroatoms. The number of carbonyl (C=O) groups excluding carboxylic acids is 1. The maximum absolute atomic E-state index is 11.1. The second-order valence-electron chi connectivity index (χ2n) is 2.87. The molecule has 0 radical (unpaired) electrons. The Hall–Kier alpha value is -0.830. The summed E-state index contributed by atoms with van der Waals surface area (Å²) in [6.45, 7) is 0. The van der Waals surface area contributed by atoms with E-state index in [0.717, 1.165) is 12.8 Å². The highest BCUT2D eigenvalue weighted by Crippen LogP contribution is 2.17. The average Bonchev–Trinajstić information content (AvgIpc) is 2.03. The van der Waals surface area contributed by atoms with Crippen LogP contribution in [-0.4, -0.2) is 19.0 Å². The summed E-state index contributed by atoms with van der Waals surface area (Å²) < 4.78 is 0. The zero-order valence-corrected chi connectivity index (χ0v) is 6.71. The van der Waals surface area contributed by atoms with Crippen molar-refractivity contribution in [2.24, 2.45) is 11.7 Å². The number of rotatable bonds is 1. The van der Waals surface area contributed by atoms with Crippen molar-refractivity contribution in [3.8, 4) is 0 Å². The highest BCUT2D eigenvalue weighted by atomic mass is 16.1. The first-order valence-electron chi connectivity index (χ1n) is 3.88. The molecule has 0 aromatic carbocycles. The van der Waals surface area contributed by atoms with Gasteiger partial charge in [-0.05, 0) is 12.8 Å². The number of hydrogen-bond acceptors (Lipinski definition) is 2. The summed E-state index contributed by atoms with van der Waals surface area (Å²) in [6.07, 6.45) is 5.54. The van der Waals surface area contributed by atoms with Crippen LogP contribution in [-0.2, 0) is 4.79 Å². The number of carbonyl (C=O) groups is 1. The standard InChI is InChI=1S/C8H14N2O/c1-10-8(11)6-3-2-4-7(9)5-6/h2,4,6-7H,3,5,9H2,1H3,(H,10,11)/t6-,7-/m1/s1. The molecule has 2 atom stereocenters. The van der Waals surface area contributed by atoms with Crippen LogP contribution in [0.2, 0.25) is 0 Å². The van der Waals surface area contributed by atoms with Crippen LogP contribution in [0, 0.1) is 5.92 Å². The molecule has 0 heterocycles. The van der Waals surface area contributed by atoms with Crippen LogP contribution in [0.1, 0.15) is 12.8 Å². The molecule has 0 spiro atoms. The Balaban J connectivity index is 2.49. The first kappa shape index (κ1) is 8.27. The van der Waals surface area contributed by atoms with Crippen LogP contribution in [0.15, 0.2) is 12.2 Å². The van der Waals surface area contributed by atoms with E-state index in [2.05, 4.69) is 5.32 Å². The molecule has 0 fully saturated rings. The molecule has 1 amide bonds. The minimum atomic E-state index is 0.0612. The highest BCUT2D eigenvalue weighted by molar-refractivity contribution is 5.78. The summed E-state index contributed by atoms with van der Waals surface area (Å²) in [7, 11) is 1.66. The van der Waals surface area contributed by atoms with Gasteiger partial charge in [0.1, 0.15) is 0 Å². The van der Waals surface area contributed by atoms with Gasteiger partial charge in [-0.15, -0.1) is 0 Å². The third-order valence-electron chi connectivity index (χ3n) is 1.98. The van der Waals surface area contributed by atoms with Gasteiger partial charge in [0.05, 0.1) is 0 Å². The molecule has 0 aromatic rings. The van der Waals surface area contributed by atoms with Crippen molar-refractivity contribution in [1.82, 2.24) is 5.32 Å². The van der Waals surface area contributed by atoms with Gasteiger partial charge in [0, 0.05) is 19.0 Å². The minimum absolute atomic E-state index is 0.0612. The Labute approximate surface area is 66.6 Å². The van der Waals surface area contributed by atoms with Crippen molar-refractivity contribution < 1.29 is 4.79 Å². The van der Waals surface area contributed by atoms with E-state index in [1.165, 1.54) is 0 Å². The molecule has 1 rings (SSSR count). The maximum atomic E-state index is 11.1. The smallest absolute Gasteiger partial charge is 0.223 e. The summed E-state index contributed by atoms with van der Waals surface area (Å²) >= 11 is 0. The Morgan fingerprint density at radius 2 is 2.45 bits per heavy atom. The van der Waals surface area contributed by atoms with Crippen molar-refractivity contribution in [2.75, 3.05) is 7.05 Å². The molecule has 1 aliphatic carbocycles. The molecule has 0 unspecified atom stereocenters. The van der Waals surface area contributed by atoms with E-state index < -0.39 is 0 Å². The van der Waals surface area contributed by atoms with Crippen LogP contribution in [0.25, 0.3) is 0 Å². The number of nitrogens with one attached hydrogen (secondary N) is 1. The highest BCUT2D eigenvalue weighted by Gasteiger charge is 2.20. The first-order valence-corrected chi connectivity index (χ1v) is 3.88. The normalized spacial score (nSPS) is 30.0. The fourth-order valence-electron chi connectivity index (χ4n) is 1.34. The van der Waals surface area contributed by atoms with E-state index in [9.17, 15) is 4.79 Å². The molecule has 0 saturated heterocycles. The Bertz CT molecular complexity index is 177. The second kappa shape index (κ2) is 3.53. The van der Waals surface area contributed by atoms with Crippen LogP contribution < -0.4 is 11.1 Å². The van der Waals surface area contributed by atoms with Crippen molar-refractivity contribution in [1.29, 1.82) is 0 Å². The zero-order chi connectivity index (χ0) is 8.27. The summed E-state index contributed by atoms with van der Waals surface area (Å²) in [6, 6.07) is 0.0612.